The van der Waals surface area contributed by atoms with Gasteiger partial charge in [-0.3, -0.25) is 9.59 Å². The number of hydrogen-bond acceptors (Lipinski definition) is 5. The molecule has 172 valence electrons. The largest absolute Gasteiger partial charge is 0.550 e. The molecule has 1 fully saturated rings. The van der Waals surface area contributed by atoms with Crippen LogP contribution < -0.4 is 5.11 Å². The fourth-order valence-corrected chi connectivity index (χ4v) is 4.39. The number of halogens is 1. The zero-order valence-corrected chi connectivity index (χ0v) is 18.8. The van der Waals surface area contributed by atoms with E-state index in [0.29, 0.717) is 21.7 Å². The van der Waals surface area contributed by atoms with Crippen molar-refractivity contribution in [1.82, 2.24) is 4.90 Å². The maximum Gasteiger partial charge on any atom is 0.295 e. The summed E-state index contributed by atoms with van der Waals surface area (Å²) in [6.07, 6.45) is -0.334. The van der Waals surface area contributed by atoms with Crippen LogP contribution in [0.25, 0.3) is 5.76 Å². The van der Waals surface area contributed by atoms with E-state index in [1.165, 1.54) is 4.90 Å². The number of nitrogens with zero attached hydrogens (tertiary/aromatic N) is 1. The molecule has 1 heterocycles. The third-order valence-corrected chi connectivity index (χ3v) is 6.13. The van der Waals surface area contributed by atoms with Crippen LogP contribution >= 0.6 is 11.6 Å². The lowest BCUT2D eigenvalue weighted by atomic mass is 9.92. The summed E-state index contributed by atoms with van der Waals surface area (Å²) in [5.41, 5.74) is 1.61. The number of hydrogen-bond donors (Lipinski definition) is 1. The predicted molar refractivity (Wildman–Crippen MR) is 126 cm³/mol. The van der Waals surface area contributed by atoms with Crippen LogP contribution in [-0.2, 0) is 14.4 Å². The van der Waals surface area contributed by atoms with Crippen LogP contribution in [0.5, 0.6) is 0 Å². The van der Waals surface area contributed by atoms with E-state index in [9.17, 15) is 24.6 Å². The number of aliphatic carboxylic acids is 1. The molecule has 0 aromatic heterocycles. The van der Waals surface area contributed by atoms with Gasteiger partial charge in [0.1, 0.15) is 5.76 Å². The number of likely N-dealkylation sites (tertiary alicyclic amines) is 1. The Kier molecular flexibility index (Phi) is 6.80. The second-order valence-corrected chi connectivity index (χ2v) is 8.49. The van der Waals surface area contributed by atoms with E-state index in [-0.39, 0.29) is 24.3 Å². The van der Waals surface area contributed by atoms with Gasteiger partial charge >= 0.3 is 0 Å². The van der Waals surface area contributed by atoms with Gasteiger partial charge in [0.05, 0.1) is 11.6 Å². The van der Waals surface area contributed by atoms with Crippen molar-refractivity contribution >= 4 is 35.0 Å². The number of carboxylic acid groups (broad SMARTS) is 1. The highest BCUT2D eigenvalue weighted by Crippen LogP contribution is 2.41. The molecule has 4 rings (SSSR count). The van der Waals surface area contributed by atoms with Crippen molar-refractivity contribution in [1.29, 1.82) is 0 Å². The normalized spacial score (nSPS) is 18.1. The lowest BCUT2D eigenvalue weighted by Gasteiger charge is -2.30. The van der Waals surface area contributed by atoms with Crippen molar-refractivity contribution in [3.8, 4) is 0 Å². The molecule has 1 aliphatic rings. The van der Waals surface area contributed by atoms with Crippen LogP contribution in [0.4, 0.5) is 0 Å². The molecule has 1 amide bonds. The fraction of sp³-hybridized carbons (Fsp3) is 0.148. The third-order valence-electron chi connectivity index (χ3n) is 5.87. The van der Waals surface area contributed by atoms with Crippen LogP contribution in [0.2, 0.25) is 5.02 Å². The van der Waals surface area contributed by atoms with Gasteiger partial charge < -0.3 is 19.9 Å². The Labute approximate surface area is 201 Å². The molecule has 0 radical (unpaired) electrons. The van der Waals surface area contributed by atoms with Crippen molar-refractivity contribution in [3.05, 3.63) is 112 Å². The summed E-state index contributed by atoms with van der Waals surface area (Å²) in [7, 11) is 0. The van der Waals surface area contributed by atoms with E-state index in [4.69, 9.17) is 11.6 Å². The van der Waals surface area contributed by atoms with Crippen molar-refractivity contribution < 1.29 is 24.6 Å². The number of amides is 1. The molecule has 6 nitrogen and oxygen atoms in total. The zero-order chi connectivity index (χ0) is 24.2. The van der Waals surface area contributed by atoms with Crippen molar-refractivity contribution in [2.24, 2.45) is 0 Å². The summed E-state index contributed by atoms with van der Waals surface area (Å²) in [6.45, 7) is -0.0541. The fourth-order valence-electron chi connectivity index (χ4n) is 4.26. The topological polar surface area (TPSA) is 97.7 Å². The number of benzene rings is 3. The highest BCUT2D eigenvalue weighted by molar-refractivity contribution is 6.46. The number of carbonyl (C=O) groups is 3. The molecule has 0 bridgehead atoms. The Morgan fingerprint density at radius 1 is 0.941 bits per heavy atom. The highest BCUT2D eigenvalue weighted by atomic mass is 35.5. The van der Waals surface area contributed by atoms with Gasteiger partial charge in [-0.1, -0.05) is 84.4 Å². The van der Waals surface area contributed by atoms with Crippen LogP contribution in [0.1, 0.15) is 35.1 Å². The summed E-state index contributed by atoms with van der Waals surface area (Å²) in [5, 5.41) is 23.0. The van der Waals surface area contributed by atoms with Crippen molar-refractivity contribution in [2.45, 2.75) is 18.4 Å². The minimum atomic E-state index is -1.27. The molecule has 0 aliphatic carbocycles. The molecule has 3 aromatic rings. The van der Waals surface area contributed by atoms with Crippen LogP contribution in [0.15, 0.2) is 90.5 Å². The Balaban J connectivity index is 1.83. The number of aliphatic hydroxyl groups is 1. The molecule has 7 heteroatoms. The first kappa shape index (κ1) is 23.3. The van der Waals surface area contributed by atoms with E-state index in [1.807, 2.05) is 0 Å². The van der Waals surface area contributed by atoms with E-state index in [0.717, 1.165) is 0 Å². The van der Waals surface area contributed by atoms with Gasteiger partial charge in [0.25, 0.3) is 11.7 Å². The second kappa shape index (κ2) is 9.93. The average molecular weight is 475 g/mol. The van der Waals surface area contributed by atoms with Gasteiger partial charge in [0.15, 0.2) is 0 Å². The first-order valence-corrected chi connectivity index (χ1v) is 11.1. The van der Waals surface area contributed by atoms with Gasteiger partial charge in [-0.25, -0.2) is 0 Å². The van der Waals surface area contributed by atoms with Gasteiger partial charge in [0.2, 0.25) is 0 Å². The number of Topliss-reactive ketones (excluding diaryl/α,β-unsaturated/α-hetero) is 1. The molecule has 1 N–H and O–H groups in total. The van der Waals surface area contributed by atoms with Crippen LogP contribution in [0, 0.1) is 0 Å². The molecule has 0 spiro atoms. The lowest BCUT2D eigenvalue weighted by Crippen LogP contribution is -2.36. The summed E-state index contributed by atoms with van der Waals surface area (Å²) in [6, 6.07) is 23.1. The monoisotopic (exact) mass is 474 g/mol. The van der Waals surface area contributed by atoms with Crippen LogP contribution in [0.3, 0.4) is 0 Å². The average Bonchev–Trinajstić information content (AvgIpc) is 3.09. The molecule has 0 saturated carbocycles. The van der Waals surface area contributed by atoms with E-state index >= 15 is 0 Å². The van der Waals surface area contributed by atoms with E-state index in [2.05, 4.69) is 0 Å². The first-order chi connectivity index (χ1) is 16.4. The smallest absolute Gasteiger partial charge is 0.295 e. The Hall–Kier alpha value is -3.90. The van der Waals surface area contributed by atoms with Gasteiger partial charge in [0, 0.05) is 29.0 Å². The Bertz CT molecular complexity index is 1240. The first-order valence-electron chi connectivity index (χ1n) is 10.7. The van der Waals surface area contributed by atoms with E-state index < -0.39 is 29.6 Å². The Morgan fingerprint density at radius 3 is 2.12 bits per heavy atom. The summed E-state index contributed by atoms with van der Waals surface area (Å²) in [5.74, 6) is -3.82. The molecule has 34 heavy (non-hydrogen) atoms. The highest BCUT2D eigenvalue weighted by Gasteiger charge is 2.46. The molecule has 0 unspecified atom stereocenters. The maximum absolute atomic E-state index is 13.2. The standard InChI is InChI=1S/C27H22ClNO5/c28-21-13-11-18(12-14-21)24-23(25(32)19-9-5-2-6-10-19)26(33)27(34)29(24)16-20(15-22(30)31)17-7-3-1-4-8-17/h1-14,20,24,32H,15-16H2,(H,30,31)/p-1/t20-,24+/m1/s1. The van der Waals surface area contributed by atoms with Gasteiger partial charge in [-0.2, -0.15) is 0 Å². The van der Waals surface area contributed by atoms with Gasteiger partial charge in [-0.05, 0) is 29.7 Å². The predicted octanol–water partition coefficient (Wildman–Crippen LogP) is 3.69. The summed E-state index contributed by atoms with van der Waals surface area (Å²) >= 11 is 6.05. The number of carbonyl (C=O) groups excluding carboxylic acids is 3. The van der Waals surface area contributed by atoms with Crippen molar-refractivity contribution in [2.75, 3.05) is 6.54 Å². The summed E-state index contributed by atoms with van der Waals surface area (Å²) < 4.78 is 0. The minimum absolute atomic E-state index is 0.0541. The number of aliphatic hydroxyl groups excluding tert-OH is 1. The minimum Gasteiger partial charge on any atom is -0.550 e. The lowest BCUT2D eigenvalue weighted by molar-refractivity contribution is -0.306. The van der Waals surface area contributed by atoms with Gasteiger partial charge in [-0.15, -0.1) is 0 Å². The third kappa shape index (κ3) is 4.72. The van der Waals surface area contributed by atoms with Crippen molar-refractivity contribution in [3.63, 3.8) is 0 Å². The van der Waals surface area contributed by atoms with E-state index in [1.54, 1.807) is 84.9 Å². The molecule has 3 aromatic carbocycles. The number of rotatable bonds is 7. The van der Waals surface area contributed by atoms with Crippen LogP contribution in [-0.4, -0.2) is 34.2 Å². The molecular weight excluding hydrogens is 454 g/mol. The zero-order valence-electron chi connectivity index (χ0n) is 18.1. The Morgan fingerprint density at radius 2 is 1.53 bits per heavy atom. The summed E-state index contributed by atoms with van der Waals surface area (Å²) in [4.78, 5) is 39.2. The maximum atomic E-state index is 13.2. The second-order valence-electron chi connectivity index (χ2n) is 8.05. The molecule has 2 atom stereocenters. The quantitative estimate of drug-likeness (QED) is 0.320. The SMILES string of the molecule is O=C([O-])C[C@H](CN1C(=O)C(=O)C(=C(O)c2ccccc2)[C@@H]1c1ccc(Cl)cc1)c1ccccc1. The molecular formula is C27H21ClNO5-. The number of carboxylic acids is 1. The molecule has 1 saturated heterocycles. The number of ketones is 1. The molecule has 1 aliphatic heterocycles.